The first-order chi connectivity index (χ1) is 11.1. The molecule has 1 aliphatic heterocycles. The van der Waals surface area contributed by atoms with Gasteiger partial charge in [-0.2, -0.15) is 0 Å². The molecule has 1 heterocycles. The van der Waals surface area contributed by atoms with Gasteiger partial charge in [-0.1, -0.05) is 11.6 Å². The van der Waals surface area contributed by atoms with E-state index in [1.807, 2.05) is 0 Å². The second kappa shape index (κ2) is 6.32. The van der Waals surface area contributed by atoms with Crippen LogP contribution >= 0.6 is 11.6 Å². The van der Waals surface area contributed by atoms with E-state index >= 15 is 0 Å². The van der Waals surface area contributed by atoms with Gasteiger partial charge in [0.1, 0.15) is 0 Å². The third-order valence-corrected chi connectivity index (χ3v) is 4.07. The molecule has 24 heavy (non-hydrogen) atoms. The zero-order valence-corrected chi connectivity index (χ0v) is 13.4. The van der Waals surface area contributed by atoms with Crippen LogP contribution in [0.1, 0.15) is 25.3 Å². The van der Waals surface area contributed by atoms with Crippen molar-refractivity contribution in [1.29, 1.82) is 0 Å². The summed E-state index contributed by atoms with van der Waals surface area (Å²) < 4.78 is 0. The van der Waals surface area contributed by atoms with Crippen LogP contribution in [0, 0.1) is 10.1 Å². The van der Waals surface area contributed by atoms with Gasteiger partial charge in [0.2, 0.25) is 0 Å². The van der Waals surface area contributed by atoms with Crippen molar-refractivity contribution >= 4 is 29.2 Å². The number of allylic oxidation sites excluding steroid dienone is 2. The van der Waals surface area contributed by atoms with Gasteiger partial charge in [-0.05, 0) is 25.5 Å². The molecule has 0 aliphatic carbocycles. The molecule has 0 unspecified atom stereocenters. The standard InChI is InChI=1S/C15H13ClN2O6/c1-6-11(14(19)20)13(12(15(21)22)7(2)17-6)9-5-8(18(23)24)3-4-10(9)16/h3-5,13,17H,1-2H3,(H,19,20)(H,21,22). The van der Waals surface area contributed by atoms with E-state index in [2.05, 4.69) is 5.32 Å². The summed E-state index contributed by atoms with van der Waals surface area (Å²) in [6.07, 6.45) is 0. The Morgan fingerprint density at radius 2 is 1.67 bits per heavy atom. The third kappa shape index (κ3) is 2.95. The topological polar surface area (TPSA) is 130 Å². The average molecular weight is 353 g/mol. The molecule has 0 spiro atoms. The molecule has 2 rings (SSSR count). The minimum absolute atomic E-state index is 0.0469. The maximum absolute atomic E-state index is 11.7. The van der Waals surface area contributed by atoms with E-state index in [1.165, 1.54) is 26.0 Å². The Labute approximate surface area is 141 Å². The van der Waals surface area contributed by atoms with Crippen molar-refractivity contribution < 1.29 is 24.7 Å². The van der Waals surface area contributed by atoms with Crippen LogP contribution in [0.2, 0.25) is 5.02 Å². The number of nitro benzene ring substituents is 1. The van der Waals surface area contributed by atoms with E-state index in [-0.39, 0.29) is 38.8 Å². The first-order valence-electron chi connectivity index (χ1n) is 6.74. The summed E-state index contributed by atoms with van der Waals surface area (Å²) in [5.41, 5.74) is -0.200. The van der Waals surface area contributed by atoms with Crippen LogP contribution in [0.15, 0.2) is 40.7 Å². The maximum atomic E-state index is 11.7. The summed E-state index contributed by atoms with van der Waals surface area (Å²) >= 11 is 6.10. The quantitative estimate of drug-likeness (QED) is 0.561. The summed E-state index contributed by atoms with van der Waals surface area (Å²) in [6.45, 7) is 2.98. The zero-order chi connectivity index (χ0) is 18.2. The number of nitro groups is 1. The van der Waals surface area contributed by atoms with E-state index < -0.39 is 22.8 Å². The molecule has 1 aromatic carbocycles. The van der Waals surface area contributed by atoms with Crippen molar-refractivity contribution in [3.63, 3.8) is 0 Å². The molecule has 0 amide bonds. The van der Waals surface area contributed by atoms with Crippen molar-refractivity contribution in [3.8, 4) is 0 Å². The number of carbonyl (C=O) groups is 2. The van der Waals surface area contributed by atoms with Gasteiger partial charge < -0.3 is 15.5 Å². The molecule has 0 aromatic heterocycles. The van der Waals surface area contributed by atoms with Crippen LogP contribution < -0.4 is 5.32 Å². The third-order valence-electron chi connectivity index (χ3n) is 3.72. The van der Waals surface area contributed by atoms with E-state index in [4.69, 9.17) is 11.6 Å². The molecule has 1 aromatic rings. The Kier molecular flexibility index (Phi) is 4.61. The molecule has 0 atom stereocenters. The number of aliphatic carboxylic acids is 2. The maximum Gasteiger partial charge on any atom is 0.334 e. The monoisotopic (exact) mass is 352 g/mol. The van der Waals surface area contributed by atoms with Gasteiger partial charge >= 0.3 is 11.9 Å². The number of carboxylic acid groups (broad SMARTS) is 2. The molecule has 3 N–H and O–H groups in total. The van der Waals surface area contributed by atoms with Gasteiger partial charge in [-0.3, -0.25) is 10.1 Å². The molecule has 0 bridgehead atoms. The fourth-order valence-corrected chi connectivity index (χ4v) is 2.96. The molecule has 0 radical (unpaired) electrons. The van der Waals surface area contributed by atoms with Crippen molar-refractivity contribution in [2.45, 2.75) is 19.8 Å². The van der Waals surface area contributed by atoms with Crippen molar-refractivity contribution in [2.75, 3.05) is 0 Å². The number of nitrogens with zero attached hydrogens (tertiary/aromatic N) is 1. The lowest BCUT2D eigenvalue weighted by molar-refractivity contribution is -0.384. The van der Waals surface area contributed by atoms with E-state index in [0.717, 1.165) is 6.07 Å². The van der Waals surface area contributed by atoms with Crippen LogP contribution in [-0.2, 0) is 9.59 Å². The van der Waals surface area contributed by atoms with Gasteiger partial charge in [-0.15, -0.1) is 0 Å². The molecule has 1 aliphatic rings. The number of rotatable bonds is 4. The van der Waals surface area contributed by atoms with Crippen molar-refractivity contribution in [3.05, 3.63) is 61.4 Å². The first kappa shape index (κ1) is 17.5. The minimum Gasteiger partial charge on any atom is -0.478 e. The predicted molar refractivity (Wildman–Crippen MR) is 84.7 cm³/mol. The van der Waals surface area contributed by atoms with Gasteiger partial charge in [0.15, 0.2) is 0 Å². The second-order valence-corrected chi connectivity index (χ2v) is 5.62. The summed E-state index contributed by atoms with van der Waals surface area (Å²) in [7, 11) is 0. The molecular formula is C15H13ClN2O6. The highest BCUT2D eigenvalue weighted by Crippen LogP contribution is 2.42. The highest BCUT2D eigenvalue weighted by atomic mass is 35.5. The molecule has 0 saturated carbocycles. The Balaban J connectivity index is 2.80. The predicted octanol–water partition coefficient (Wildman–Crippen LogP) is 2.65. The Morgan fingerprint density at radius 3 is 2.08 bits per heavy atom. The van der Waals surface area contributed by atoms with E-state index in [0.29, 0.717) is 0 Å². The minimum atomic E-state index is -1.33. The number of halogens is 1. The fourth-order valence-electron chi connectivity index (χ4n) is 2.74. The van der Waals surface area contributed by atoms with E-state index in [1.54, 1.807) is 0 Å². The summed E-state index contributed by atoms with van der Waals surface area (Å²) in [6, 6.07) is 3.52. The number of hydrogen-bond donors (Lipinski definition) is 3. The summed E-state index contributed by atoms with van der Waals surface area (Å²) in [5.74, 6) is -3.90. The summed E-state index contributed by atoms with van der Waals surface area (Å²) in [4.78, 5) is 33.7. The van der Waals surface area contributed by atoms with Crippen LogP contribution in [0.25, 0.3) is 0 Å². The van der Waals surface area contributed by atoms with Crippen LogP contribution in [0.4, 0.5) is 5.69 Å². The lowest BCUT2D eigenvalue weighted by atomic mass is 9.80. The number of dihydropyridines is 1. The Morgan fingerprint density at radius 1 is 1.17 bits per heavy atom. The van der Waals surface area contributed by atoms with Crippen LogP contribution in [0.3, 0.4) is 0 Å². The lowest BCUT2D eigenvalue weighted by Gasteiger charge is -2.29. The van der Waals surface area contributed by atoms with Gasteiger partial charge in [0, 0.05) is 28.5 Å². The highest BCUT2D eigenvalue weighted by molar-refractivity contribution is 6.31. The van der Waals surface area contributed by atoms with Crippen molar-refractivity contribution in [1.82, 2.24) is 5.32 Å². The zero-order valence-electron chi connectivity index (χ0n) is 12.7. The normalized spacial score (nSPS) is 15.3. The molecule has 126 valence electrons. The molecule has 9 heteroatoms. The van der Waals surface area contributed by atoms with Crippen molar-refractivity contribution in [2.24, 2.45) is 0 Å². The molecular weight excluding hydrogens is 340 g/mol. The number of nitrogens with one attached hydrogen (secondary N) is 1. The number of non-ortho nitro benzene ring substituents is 1. The van der Waals surface area contributed by atoms with Gasteiger partial charge in [0.25, 0.3) is 5.69 Å². The van der Waals surface area contributed by atoms with Gasteiger partial charge in [-0.25, -0.2) is 9.59 Å². The number of carboxylic acids is 2. The number of hydrogen-bond acceptors (Lipinski definition) is 5. The molecule has 8 nitrogen and oxygen atoms in total. The highest BCUT2D eigenvalue weighted by Gasteiger charge is 2.38. The summed E-state index contributed by atoms with van der Waals surface area (Å²) in [5, 5.41) is 32.8. The largest absolute Gasteiger partial charge is 0.478 e. The SMILES string of the molecule is CC1=C(C(=O)O)C(c2cc([N+](=O)[O-])ccc2Cl)C(C(=O)O)=C(C)N1. The van der Waals surface area contributed by atoms with Crippen LogP contribution in [-0.4, -0.2) is 27.1 Å². The lowest BCUT2D eigenvalue weighted by Crippen LogP contribution is -2.31. The fraction of sp³-hybridized carbons (Fsp3) is 0.200. The Hall–Kier alpha value is -2.87. The molecule has 0 saturated heterocycles. The average Bonchev–Trinajstić information content (AvgIpc) is 2.45. The van der Waals surface area contributed by atoms with Crippen LogP contribution in [0.5, 0.6) is 0 Å². The first-order valence-corrected chi connectivity index (χ1v) is 7.12. The second-order valence-electron chi connectivity index (χ2n) is 5.21. The van der Waals surface area contributed by atoms with Gasteiger partial charge in [0.05, 0.1) is 22.0 Å². The molecule has 0 fully saturated rings. The number of benzene rings is 1. The van der Waals surface area contributed by atoms with E-state index in [9.17, 15) is 29.9 Å². The Bertz CT molecular complexity index is 791. The smallest absolute Gasteiger partial charge is 0.334 e.